The van der Waals surface area contributed by atoms with Gasteiger partial charge in [0.1, 0.15) is 5.76 Å². The van der Waals surface area contributed by atoms with Gasteiger partial charge >= 0.3 is 0 Å². The average molecular weight is 330 g/mol. The van der Waals surface area contributed by atoms with Crippen LogP contribution in [0.25, 0.3) is 0 Å². The fourth-order valence-electron chi connectivity index (χ4n) is 3.40. The summed E-state index contributed by atoms with van der Waals surface area (Å²) >= 11 is 1.88. The second-order valence-corrected chi connectivity index (χ2v) is 7.71. The molecule has 2 aromatic heterocycles. The second-order valence-electron chi connectivity index (χ2n) is 6.54. The molecular weight excluding hydrogens is 308 g/mol. The number of nitrogens with zero attached hydrogens (tertiary/aromatic N) is 1. The van der Waals surface area contributed by atoms with Crippen molar-refractivity contribution in [2.45, 2.75) is 50.9 Å². The molecule has 0 aliphatic heterocycles. The molecule has 0 spiro atoms. The highest BCUT2D eigenvalue weighted by Crippen LogP contribution is 2.47. The Morgan fingerprint density at radius 3 is 3.13 bits per heavy atom. The number of nitrogens with one attached hydrogen (secondary N) is 1. The summed E-state index contributed by atoms with van der Waals surface area (Å²) in [6.45, 7) is 0.741. The number of amides is 1. The number of hydrogen-bond donors (Lipinski definition) is 1. The zero-order chi connectivity index (χ0) is 15.6. The quantitative estimate of drug-likeness (QED) is 0.825. The molecule has 0 saturated heterocycles. The van der Waals surface area contributed by atoms with Crippen LogP contribution in [0.1, 0.15) is 52.9 Å². The minimum Gasteiger partial charge on any atom is -0.469 e. The highest BCUT2D eigenvalue weighted by Gasteiger charge is 2.45. The van der Waals surface area contributed by atoms with Crippen LogP contribution < -0.4 is 5.32 Å². The van der Waals surface area contributed by atoms with Gasteiger partial charge in [-0.25, -0.2) is 4.98 Å². The molecule has 2 heterocycles. The summed E-state index contributed by atoms with van der Waals surface area (Å²) in [5.74, 6) is 1.51. The largest absolute Gasteiger partial charge is 0.469 e. The SMILES string of the molecule is O=C(NCCCc1nc2c(s1)CCCC2)[C@@H]1C[C@H]1c1ccco1. The van der Waals surface area contributed by atoms with Crippen molar-refractivity contribution in [2.75, 3.05) is 6.54 Å². The van der Waals surface area contributed by atoms with Crippen molar-refractivity contribution in [1.82, 2.24) is 10.3 Å². The minimum absolute atomic E-state index is 0.105. The molecule has 4 rings (SSSR count). The molecule has 2 aliphatic carbocycles. The summed E-state index contributed by atoms with van der Waals surface area (Å²) in [7, 11) is 0. The van der Waals surface area contributed by atoms with E-state index in [-0.39, 0.29) is 17.7 Å². The topological polar surface area (TPSA) is 55.1 Å². The van der Waals surface area contributed by atoms with Crippen LogP contribution in [0.4, 0.5) is 0 Å². The molecule has 2 aromatic rings. The Bertz CT molecular complexity index is 654. The van der Waals surface area contributed by atoms with E-state index >= 15 is 0 Å². The van der Waals surface area contributed by atoms with Gasteiger partial charge in [0.25, 0.3) is 0 Å². The summed E-state index contributed by atoms with van der Waals surface area (Å²) in [6, 6.07) is 3.85. The zero-order valence-electron chi connectivity index (χ0n) is 13.2. The highest BCUT2D eigenvalue weighted by atomic mass is 32.1. The Hall–Kier alpha value is -1.62. The molecule has 0 radical (unpaired) electrons. The van der Waals surface area contributed by atoms with Gasteiger partial charge < -0.3 is 9.73 Å². The normalized spacial score (nSPS) is 22.6. The van der Waals surface area contributed by atoms with Gasteiger partial charge in [-0.05, 0) is 50.7 Å². The molecule has 5 heteroatoms. The van der Waals surface area contributed by atoms with Crippen LogP contribution in [-0.2, 0) is 24.1 Å². The van der Waals surface area contributed by atoms with Crippen molar-refractivity contribution in [3.63, 3.8) is 0 Å². The van der Waals surface area contributed by atoms with E-state index in [1.54, 1.807) is 6.26 Å². The predicted octanol–water partition coefficient (Wildman–Crippen LogP) is 3.47. The average Bonchev–Trinajstić information content (AvgIpc) is 2.99. The van der Waals surface area contributed by atoms with Gasteiger partial charge in [-0.15, -0.1) is 11.3 Å². The van der Waals surface area contributed by atoms with Crippen LogP contribution >= 0.6 is 11.3 Å². The number of fused-ring (bicyclic) bond motifs is 1. The third-order valence-corrected chi connectivity index (χ3v) is 6.01. The van der Waals surface area contributed by atoms with Crippen LogP contribution in [-0.4, -0.2) is 17.4 Å². The van der Waals surface area contributed by atoms with Crippen molar-refractivity contribution in [1.29, 1.82) is 0 Å². The lowest BCUT2D eigenvalue weighted by Crippen LogP contribution is -2.26. The van der Waals surface area contributed by atoms with E-state index < -0.39 is 0 Å². The first-order valence-corrected chi connectivity index (χ1v) is 9.41. The van der Waals surface area contributed by atoms with E-state index in [1.165, 1.54) is 34.8 Å². The number of furan rings is 1. The lowest BCUT2D eigenvalue weighted by molar-refractivity contribution is -0.122. The van der Waals surface area contributed by atoms with Gasteiger partial charge in [-0.3, -0.25) is 4.79 Å². The molecule has 0 unspecified atom stereocenters. The van der Waals surface area contributed by atoms with Crippen LogP contribution in [0.15, 0.2) is 22.8 Å². The molecular formula is C18H22N2O2S. The molecule has 1 N–H and O–H groups in total. The lowest BCUT2D eigenvalue weighted by Gasteiger charge is -2.06. The van der Waals surface area contributed by atoms with Crippen LogP contribution in [0.5, 0.6) is 0 Å². The van der Waals surface area contributed by atoms with Crippen LogP contribution in [0.3, 0.4) is 0 Å². The number of carbonyl (C=O) groups excluding carboxylic acids is 1. The fourth-order valence-corrected chi connectivity index (χ4v) is 4.59. The molecule has 0 aromatic carbocycles. The maximum absolute atomic E-state index is 12.1. The van der Waals surface area contributed by atoms with E-state index in [4.69, 9.17) is 9.40 Å². The predicted molar refractivity (Wildman–Crippen MR) is 89.6 cm³/mol. The monoisotopic (exact) mass is 330 g/mol. The molecule has 2 atom stereocenters. The first-order chi connectivity index (χ1) is 11.3. The number of rotatable bonds is 6. The van der Waals surface area contributed by atoms with E-state index in [0.29, 0.717) is 0 Å². The lowest BCUT2D eigenvalue weighted by atomic mass is 10.0. The summed E-state index contributed by atoms with van der Waals surface area (Å²) < 4.78 is 5.37. The Labute approximate surface area is 140 Å². The molecule has 1 amide bonds. The third-order valence-electron chi connectivity index (χ3n) is 4.79. The highest BCUT2D eigenvalue weighted by molar-refractivity contribution is 7.11. The first kappa shape index (κ1) is 14.9. The van der Waals surface area contributed by atoms with Gasteiger partial charge in [-0.1, -0.05) is 0 Å². The standard InChI is InChI=1S/C18H22N2O2S/c21-18(13-11-12(13)15-6-4-10-22-15)19-9-3-8-17-20-14-5-1-2-7-16(14)23-17/h4,6,10,12-13H,1-3,5,7-9,11H2,(H,19,21)/t12-,13-/m1/s1. The molecule has 1 saturated carbocycles. The van der Waals surface area contributed by atoms with Crippen molar-refractivity contribution >= 4 is 17.2 Å². The Kier molecular flexibility index (Phi) is 4.21. The van der Waals surface area contributed by atoms with Gasteiger partial charge in [0.15, 0.2) is 0 Å². The number of aryl methyl sites for hydroxylation is 3. The molecule has 23 heavy (non-hydrogen) atoms. The van der Waals surface area contributed by atoms with Gasteiger partial charge in [0, 0.05) is 29.7 Å². The van der Waals surface area contributed by atoms with E-state index in [1.807, 2.05) is 23.5 Å². The number of thiazole rings is 1. The van der Waals surface area contributed by atoms with Gasteiger partial charge in [0.2, 0.25) is 5.91 Å². The molecule has 2 aliphatic rings. The van der Waals surface area contributed by atoms with Crippen LogP contribution in [0, 0.1) is 5.92 Å². The van der Waals surface area contributed by atoms with Crippen molar-refractivity contribution in [3.05, 3.63) is 39.7 Å². The minimum atomic E-state index is 0.105. The Morgan fingerprint density at radius 2 is 2.30 bits per heavy atom. The summed E-state index contributed by atoms with van der Waals surface area (Å²) in [6.07, 6.45) is 9.49. The number of hydrogen-bond acceptors (Lipinski definition) is 4. The maximum atomic E-state index is 12.1. The molecule has 1 fully saturated rings. The maximum Gasteiger partial charge on any atom is 0.223 e. The second kappa shape index (κ2) is 6.48. The smallest absolute Gasteiger partial charge is 0.223 e. The first-order valence-electron chi connectivity index (χ1n) is 8.60. The van der Waals surface area contributed by atoms with Crippen LogP contribution in [0.2, 0.25) is 0 Å². The van der Waals surface area contributed by atoms with Gasteiger partial charge in [-0.2, -0.15) is 0 Å². The van der Waals surface area contributed by atoms with Crippen molar-refractivity contribution in [2.24, 2.45) is 5.92 Å². The summed E-state index contributed by atoms with van der Waals surface area (Å²) in [5.41, 5.74) is 1.33. The Balaban J connectivity index is 1.19. The van der Waals surface area contributed by atoms with E-state index in [2.05, 4.69) is 5.32 Å². The Morgan fingerprint density at radius 1 is 1.39 bits per heavy atom. The van der Waals surface area contributed by atoms with Crippen molar-refractivity contribution < 1.29 is 9.21 Å². The summed E-state index contributed by atoms with van der Waals surface area (Å²) in [5, 5.41) is 4.31. The molecule has 0 bridgehead atoms. The van der Waals surface area contributed by atoms with Crippen molar-refractivity contribution in [3.8, 4) is 0 Å². The summed E-state index contributed by atoms with van der Waals surface area (Å²) in [4.78, 5) is 18.4. The molecule has 122 valence electrons. The fraction of sp³-hybridized carbons (Fsp3) is 0.556. The number of aromatic nitrogens is 1. The third kappa shape index (κ3) is 3.34. The number of carbonyl (C=O) groups is 1. The van der Waals surface area contributed by atoms with E-state index in [0.717, 1.165) is 38.0 Å². The zero-order valence-corrected chi connectivity index (χ0v) is 14.0. The van der Waals surface area contributed by atoms with E-state index in [9.17, 15) is 4.79 Å². The van der Waals surface area contributed by atoms with Gasteiger partial charge in [0.05, 0.1) is 17.0 Å². The molecule has 4 nitrogen and oxygen atoms in total.